The fourth-order valence-corrected chi connectivity index (χ4v) is 9.86. The molecule has 4 aromatic carbocycles. The Morgan fingerprint density at radius 2 is 0.900 bits per heavy atom. The van der Waals surface area contributed by atoms with Crippen LogP contribution in [0.1, 0.15) is 76.3 Å². The van der Waals surface area contributed by atoms with E-state index in [0.29, 0.717) is 22.3 Å². The Bertz CT molecular complexity index is 1420. The van der Waals surface area contributed by atoms with E-state index in [4.69, 9.17) is 0 Å². The number of phenols is 2. The molecule has 0 heterocycles. The molecular weight excluding hydrogens is 488 g/mol. The van der Waals surface area contributed by atoms with Gasteiger partial charge in [-0.1, -0.05) is 99.5 Å². The second-order valence-electron chi connectivity index (χ2n) is 13.5. The molecular formula is C38H40O2. The van der Waals surface area contributed by atoms with Gasteiger partial charge in [-0.05, 0) is 107 Å². The standard InChI is InChI=1S/C38H40O2/c1-3-35-21-36(4-2)24-37(22-35,29-15-17-33(39)31(19-29)27-11-7-5-8-12-27)26-38(23-35,25-36)30-16-18-34(40)32(20-30)28-13-9-6-10-14-28/h5-20,39-40H,3-4,21-26H2,1-2H3. The van der Waals surface area contributed by atoms with Crippen LogP contribution in [-0.2, 0) is 10.8 Å². The summed E-state index contributed by atoms with van der Waals surface area (Å²) < 4.78 is 0. The van der Waals surface area contributed by atoms with Gasteiger partial charge in [0.2, 0.25) is 0 Å². The molecule has 4 fully saturated rings. The molecule has 0 atom stereocenters. The molecule has 4 saturated carbocycles. The van der Waals surface area contributed by atoms with E-state index in [2.05, 4.69) is 86.6 Å². The average Bonchev–Trinajstić information content (AvgIpc) is 2.98. The third kappa shape index (κ3) is 3.83. The predicted molar refractivity (Wildman–Crippen MR) is 164 cm³/mol. The summed E-state index contributed by atoms with van der Waals surface area (Å²) in [5, 5.41) is 21.9. The first-order chi connectivity index (χ1) is 19.3. The summed E-state index contributed by atoms with van der Waals surface area (Å²) >= 11 is 0. The molecule has 40 heavy (non-hydrogen) atoms. The summed E-state index contributed by atoms with van der Waals surface area (Å²) in [4.78, 5) is 0. The maximum Gasteiger partial charge on any atom is 0.123 e. The highest BCUT2D eigenvalue weighted by Crippen LogP contribution is 2.76. The third-order valence-corrected chi connectivity index (χ3v) is 11.2. The zero-order chi connectivity index (χ0) is 27.6. The van der Waals surface area contributed by atoms with E-state index >= 15 is 0 Å². The van der Waals surface area contributed by atoms with E-state index in [1.807, 2.05) is 24.3 Å². The van der Waals surface area contributed by atoms with Crippen LogP contribution in [0, 0.1) is 10.8 Å². The van der Waals surface area contributed by atoms with Crippen LogP contribution >= 0.6 is 0 Å². The number of hydrogen-bond donors (Lipinski definition) is 2. The van der Waals surface area contributed by atoms with Crippen LogP contribution in [0.15, 0.2) is 97.1 Å². The number of rotatable bonds is 6. The van der Waals surface area contributed by atoms with E-state index in [0.717, 1.165) is 28.7 Å². The molecule has 2 nitrogen and oxygen atoms in total. The Balaban J connectivity index is 1.40. The second kappa shape index (κ2) is 8.99. The minimum absolute atomic E-state index is 0.0722. The van der Waals surface area contributed by atoms with E-state index in [1.54, 1.807) is 0 Å². The summed E-state index contributed by atoms with van der Waals surface area (Å²) in [7, 11) is 0. The first kappa shape index (κ1) is 25.4. The van der Waals surface area contributed by atoms with Crippen molar-refractivity contribution in [2.45, 2.75) is 76.0 Å². The molecule has 0 aliphatic heterocycles. The summed E-state index contributed by atoms with van der Waals surface area (Å²) in [6.45, 7) is 4.83. The van der Waals surface area contributed by atoms with E-state index in [-0.39, 0.29) is 10.8 Å². The van der Waals surface area contributed by atoms with Gasteiger partial charge >= 0.3 is 0 Å². The maximum atomic E-state index is 10.9. The van der Waals surface area contributed by atoms with Crippen LogP contribution in [0.5, 0.6) is 11.5 Å². The first-order valence-electron chi connectivity index (χ1n) is 15.1. The van der Waals surface area contributed by atoms with Gasteiger partial charge < -0.3 is 10.2 Å². The van der Waals surface area contributed by atoms with Gasteiger partial charge in [0, 0.05) is 11.1 Å². The normalized spacial score (nSPS) is 30.4. The lowest BCUT2D eigenvalue weighted by atomic mass is 9.33. The minimum Gasteiger partial charge on any atom is -0.507 e. The molecule has 4 aromatic rings. The molecule has 0 aromatic heterocycles. The number of hydrogen-bond acceptors (Lipinski definition) is 2. The SMILES string of the molecule is CCC12CC3(CC)CC(c4ccc(O)c(-c5ccccc5)c4)(C1)CC(c1ccc(O)c(-c4ccccc4)c1)(C2)C3. The lowest BCUT2D eigenvalue weighted by Crippen LogP contribution is -2.64. The van der Waals surface area contributed by atoms with Crippen molar-refractivity contribution in [2.75, 3.05) is 0 Å². The molecule has 2 heteroatoms. The van der Waals surface area contributed by atoms with Gasteiger partial charge in [-0.15, -0.1) is 0 Å². The van der Waals surface area contributed by atoms with Crippen molar-refractivity contribution in [3.8, 4) is 33.8 Å². The number of aromatic hydroxyl groups is 2. The van der Waals surface area contributed by atoms with Gasteiger partial charge in [-0.2, -0.15) is 0 Å². The molecule has 0 unspecified atom stereocenters. The lowest BCUT2D eigenvalue weighted by molar-refractivity contribution is -0.145. The van der Waals surface area contributed by atoms with Gasteiger partial charge in [0.1, 0.15) is 11.5 Å². The van der Waals surface area contributed by atoms with Crippen LogP contribution in [0.3, 0.4) is 0 Å². The van der Waals surface area contributed by atoms with Crippen molar-refractivity contribution in [1.29, 1.82) is 0 Å². The largest absolute Gasteiger partial charge is 0.507 e. The second-order valence-corrected chi connectivity index (χ2v) is 13.5. The zero-order valence-electron chi connectivity index (χ0n) is 23.8. The average molecular weight is 529 g/mol. The van der Waals surface area contributed by atoms with Crippen LogP contribution < -0.4 is 0 Å². The molecule has 4 bridgehead atoms. The topological polar surface area (TPSA) is 40.5 Å². The quantitative estimate of drug-likeness (QED) is 0.261. The molecule has 2 N–H and O–H groups in total. The highest BCUT2D eigenvalue weighted by Gasteiger charge is 2.67. The van der Waals surface area contributed by atoms with Crippen molar-refractivity contribution in [3.63, 3.8) is 0 Å². The highest BCUT2D eigenvalue weighted by molar-refractivity contribution is 5.72. The van der Waals surface area contributed by atoms with Crippen LogP contribution in [-0.4, -0.2) is 10.2 Å². The monoisotopic (exact) mass is 528 g/mol. The first-order valence-corrected chi connectivity index (χ1v) is 15.1. The Morgan fingerprint density at radius 1 is 0.500 bits per heavy atom. The number of benzene rings is 4. The van der Waals surface area contributed by atoms with Crippen molar-refractivity contribution in [2.24, 2.45) is 10.8 Å². The van der Waals surface area contributed by atoms with Gasteiger partial charge in [-0.3, -0.25) is 0 Å². The fourth-order valence-electron chi connectivity index (χ4n) is 9.86. The Morgan fingerprint density at radius 3 is 1.27 bits per heavy atom. The molecule has 0 saturated heterocycles. The lowest BCUT2D eigenvalue weighted by Gasteiger charge is -2.71. The minimum atomic E-state index is 0.0722. The van der Waals surface area contributed by atoms with E-state index in [1.165, 1.54) is 56.1 Å². The van der Waals surface area contributed by atoms with Gasteiger partial charge in [0.15, 0.2) is 0 Å². The van der Waals surface area contributed by atoms with Crippen LogP contribution in [0.25, 0.3) is 22.3 Å². The zero-order valence-corrected chi connectivity index (χ0v) is 23.8. The van der Waals surface area contributed by atoms with Crippen molar-refractivity contribution in [3.05, 3.63) is 108 Å². The van der Waals surface area contributed by atoms with Crippen LogP contribution in [0.2, 0.25) is 0 Å². The molecule has 4 aliphatic rings. The fraction of sp³-hybridized carbons (Fsp3) is 0.368. The maximum absolute atomic E-state index is 10.9. The molecule has 0 spiro atoms. The van der Waals surface area contributed by atoms with Crippen molar-refractivity contribution in [1.82, 2.24) is 0 Å². The van der Waals surface area contributed by atoms with Crippen LogP contribution in [0.4, 0.5) is 0 Å². The predicted octanol–water partition coefficient (Wildman–Crippen LogP) is 9.78. The molecule has 204 valence electrons. The van der Waals surface area contributed by atoms with Crippen molar-refractivity contribution < 1.29 is 10.2 Å². The molecule has 8 rings (SSSR count). The van der Waals surface area contributed by atoms with Gasteiger partial charge in [0.25, 0.3) is 0 Å². The van der Waals surface area contributed by atoms with E-state index in [9.17, 15) is 10.2 Å². The van der Waals surface area contributed by atoms with Gasteiger partial charge in [-0.25, -0.2) is 0 Å². The Hall–Kier alpha value is -3.52. The third-order valence-electron chi connectivity index (χ3n) is 11.2. The van der Waals surface area contributed by atoms with E-state index < -0.39 is 0 Å². The van der Waals surface area contributed by atoms with Crippen molar-refractivity contribution >= 4 is 0 Å². The Kier molecular flexibility index (Phi) is 5.72. The highest BCUT2D eigenvalue weighted by atomic mass is 16.3. The summed E-state index contributed by atoms with van der Waals surface area (Å²) in [6, 6.07) is 33.6. The summed E-state index contributed by atoms with van der Waals surface area (Å²) in [5.41, 5.74) is 7.57. The Labute approximate surface area is 238 Å². The molecule has 0 amide bonds. The molecule has 4 aliphatic carbocycles. The molecule has 0 radical (unpaired) electrons. The summed E-state index contributed by atoms with van der Waals surface area (Å²) in [6.07, 6.45) is 9.75. The number of phenolic OH excluding ortho intramolecular Hbond substituents is 2. The van der Waals surface area contributed by atoms with Gasteiger partial charge in [0.05, 0.1) is 0 Å². The summed E-state index contributed by atoms with van der Waals surface area (Å²) in [5.74, 6) is 0.715. The smallest absolute Gasteiger partial charge is 0.123 e.